The first kappa shape index (κ1) is 19.3. The summed E-state index contributed by atoms with van der Waals surface area (Å²) >= 11 is 0. The lowest BCUT2D eigenvalue weighted by Crippen LogP contribution is -2.26. The predicted molar refractivity (Wildman–Crippen MR) is 93.6 cm³/mol. The van der Waals surface area contributed by atoms with Crippen LogP contribution in [0.15, 0.2) is 39.8 Å². The Balaban J connectivity index is 2.36. The van der Waals surface area contributed by atoms with Crippen molar-refractivity contribution in [1.29, 1.82) is 0 Å². The summed E-state index contributed by atoms with van der Waals surface area (Å²) in [5.74, 6) is 1.74. The van der Waals surface area contributed by atoms with Crippen LogP contribution in [0.3, 0.4) is 0 Å². The van der Waals surface area contributed by atoms with E-state index in [9.17, 15) is 8.42 Å². The molecule has 0 saturated heterocycles. The average molecular weight is 368 g/mol. The summed E-state index contributed by atoms with van der Waals surface area (Å²) in [7, 11) is -1.02. The molecular formula is C18H24O6S. The fraction of sp³-hybridized carbons (Fsp3) is 0.444. The third kappa shape index (κ3) is 4.16. The van der Waals surface area contributed by atoms with Crippen molar-refractivity contribution in [2.24, 2.45) is 0 Å². The standard InChI is InChI=1S/C18H24O6S/c1-12(2)15-9-10-17(23-15)25(19,20)24-18(3,4)14-8-7-13(21-5)11-16(14)22-6/h7-12H,1-6H3. The van der Waals surface area contributed by atoms with Gasteiger partial charge in [0.15, 0.2) is 0 Å². The number of benzene rings is 1. The third-order valence-electron chi connectivity index (χ3n) is 3.79. The van der Waals surface area contributed by atoms with Crippen LogP contribution in [0.5, 0.6) is 11.5 Å². The molecule has 0 bridgehead atoms. The minimum atomic E-state index is -4.07. The van der Waals surface area contributed by atoms with Gasteiger partial charge in [-0.25, -0.2) is 0 Å². The van der Waals surface area contributed by atoms with Gasteiger partial charge in [-0.3, -0.25) is 4.18 Å². The number of methoxy groups -OCH3 is 2. The van der Waals surface area contributed by atoms with Crippen molar-refractivity contribution in [2.45, 2.75) is 44.3 Å². The minimum absolute atomic E-state index is 0.0821. The second kappa shape index (κ2) is 7.09. The zero-order valence-electron chi connectivity index (χ0n) is 15.3. The minimum Gasteiger partial charge on any atom is -0.497 e. The van der Waals surface area contributed by atoms with E-state index in [1.807, 2.05) is 13.8 Å². The van der Waals surface area contributed by atoms with Crippen LogP contribution in [0.4, 0.5) is 0 Å². The van der Waals surface area contributed by atoms with Crippen molar-refractivity contribution in [3.8, 4) is 11.5 Å². The fourth-order valence-electron chi connectivity index (χ4n) is 2.44. The van der Waals surface area contributed by atoms with Gasteiger partial charge in [-0.05, 0) is 38.1 Å². The Bertz CT molecular complexity index is 833. The fourth-order valence-corrected chi connectivity index (χ4v) is 3.59. The lowest BCUT2D eigenvalue weighted by molar-refractivity contribution is 0.110. The molecular weight excluding hydrogens is 344 g/mol. The highest BCUT2D eigenvalue weighted by Gasteiger charge is 2.34. The Morgan fingerprint density at radius 3 is 2.24 bits per heavy atom. The molecule has 2 aromatic rings. The van der Waals surface area contributed by atoms with E-state index in [4.69, 9.17) is 18.1 Å². The number of hydrogen-bond donors (Lipinski definition) is 0. The van der Waals surface area contributed by atoms with Crippen molar-refractivity contribution in [3.63, 3.8) is 0 Å². The van der Waals surface area contributed by atoms with Gasteiger partial charge in [0.2, 0.25) is 5.09 Å². The van der Waals surface area contributed by atoms with Gasteiger partial charge in [0.05, 0.1) is 14.2 Å². The van der Waals surface area contributed by atoms with Gasteiger partial charge in [-0.15, -0.1) is 0 Å². The molecule has 0 unspecified atom stereocenters. The molecule has 1 aromatic carbocycles. The molecule has 0 aliphatic rings. The van der Waals surface area contributed by atoms with E-state index in [0.29, 0.717) is 22.8 Å². The number of ether oxygens (including phenoxy) is 2. The molecule has 0 radical (unpaired) electrons. The maximum Gasteiger partial charge on any atom is 0.331 e. The third-order valence-corrected chi connectivity index (χ3v) is 5.14. The molecule has 0 amide bonds. The lowest BCUT2D eigenvalue weighted by Gasteiger charge is -2.26. The Kier molecular flexibility index (Phi) is 5.49. The maximum atomic E-state index is 12.6. The molecule has 0 aliphatic heterocycles. The highest BCUT2D eigenvalue weighted by atomic mass is 32.2. The lowest BCUT2D eigenvalue weighted by atomic mass is 9.97. The molecule has 1 heterocycles. The Hall–Kier alpha value is -1.99. The van der Waals surface area contributed by atoms with Crippen LogP contribution in [-0.4, -0.2) is 22.6 Å². The number of rotatable bonds is 7. The molecule has 2 rings (SSSR count). The maximum absolute atomic E-state index is 12.6. The SMILES string of the molecule is COc1ccc(C(C)(C)OS(=O)(=O)c2ccc(C(C)C)o2)c(OC)c1. The average Bonchev–Trinajstić information content (AvgIpc) is 3.04. The normalized spacial score (nSPS) is 12.4. The van der Waals surface area contributed by atoms with E-state index in [1.165, 1.54) is 13.2 Å². The topological polar surface area (TPSA) is 75.0 Å². The summed E-state index contributed by atoms with van der Waals surface area (Å²) < 4.78 is 46.6. The van der Waals surface area contributed by atoms with Crippen molar-refractivity contribution < 1.29 is 26.5 Å². The molecule has 138 valence electrons. The van der Waals surface area contributed by atoms with E-state index in [1.54, 1.807) is 45.2 Å². The van der Waals surface area contributed by atoms with Crippen molar-refractivity contribution >= 4 is 10.1 Å². The first-order chi connectivity index (χ1) is 11.6. The zero-order valence-corrected chi connectivity index (χ0v) is 16.1. The molecule has 0 aliphatic carbocycles. The first-order valence-corrected chi connectivity index (χ1v) is 9.29. The second-order valence-electron chi connectivity index (χ2n) is 6.43. The summed E-state index contributed by atoms with van der Waals surface area (Å²) in [5.41, 5.74) is -0.587. The molecule has 7 heteroatoms. The van der Waals surface area contributed by atoms with Gasteiger partial charge >= 0.3 is 10.1 Å². The highest BCUT2D eigenvalue weighted by Crippen LogP contribution is 2.37. The van der Waals surface area contributed by atoms with Gasteiger partial charge in [-0.1, -0.05) is 13.8 Å². The summed E-state index contributed by atoms with van der Waals surface area (Å²) in [4.78, 5) is 0. The van der Waals surface area contributed by atoms with Crippen molar-refractivity contribution in [2.75, 3.05) is 14.2 Å². The summed E-state index contributed by atoms with van der Waals surface area (Å²) in [6, 6.07) is 8.17. The molecule has 1 aromatic heterocycles. The number of hydrogen-bond acceptors (Lipinski definition) is 6. The largest absolute Gasteiger partial charge is 0.497 e. The van der Waals surface area contributed by atoms with E-state index in [-0.39, 0.29) is 11.0 Å². The van der Waals surface area contributed by atoms with Crippen molar-refractivity contribution in [3.05, 3.63) is 41.7 Å². The van der Waals surface area contributed by atoms with Crippen LogP contribution in [0.2, 0.25) is 0 Å². The van der Waals surface area contributed by atoms with Crippen molar-refractivity contribution in [1.82, 2.24) is 0 Å². The highest BCUT2D eigenvalue weighted by molar-refractivity contribution is 7.86. The summed E-state index contributed by atoms with van der Waals surface area (Å²) in [5, 5.41) is -0.211. The van der Waals surface area contributed by atoms with Crippen LogP contribution >= 0.6 is 0 Å². The molecule has 6 nitrogen and oxygen atoms in total. The van der Waals surface area contributed by atoms with Gasteiger partial charge in [-0.2, -0.15) is 8.42 Å². The zero-order chi connectivity index (χ0) is 18.8. The van der Waals surface area contributed by atoms with Gasteiger partial charge in [0.25, 0.3) is 0 Å². The van der Waals surface area contributed by atoms with E-state index < -0.39 is 15.7 Å². The van der Waals surface area contributed by atoms with Crippen LogP contribution < -0.4 is 9.47 Å². The summed E-state index contributed by atoms with van der Waals surface area (Å²) in [6.45, 7) is 7.15. The van der Waals surface area contributed by atoms with Crippen LogP contribution in [0.1, 0.15) is 44.9 Å². The van der Waals surface area contributed by atoms with E-state index in [2.05, 4.69) is 0 Å². The predicted octanol–water partition coefficient (Wildman–Crippen LogP) is 4.06. The quantitative estimate of drug-likeness (QED) is 0.686. The Morgan fingerprint density at radius 2 is 1.72 bits per heavy atom. The van der Waals surface area contributed by atoms with Crippen LogP contribution in [0.25, 0.3) is 0 Å². The second-order valence-corrected chi connectivity index (χ2v) is 7.90. The van der Waals surface area contributed by atoms with Crippen LogP contribution in [0, 0.1) is 0 Å². The number of furan rings is 1. The van der Waals surface area contributed by atoms with Gasteiger partial charge < -0.3 is 13.9 Å². The Labute approximate surface area is 148 Å². The van der Waals surface area contributed by atoms with Crippen LogP contribution in [-0.2, 0) is 19.9 Å². The molecule has 0 fully saturated rings. The van der Waals surface area contributed by atoms with Gasteiger partial charge in [0.1, 0.15) is 22.9 Å². The Morgan fingerprint density at radius 1 is 1.04 bits per heavy atom. The molecule has 0 saturated carbocycles. The van der Waals surface area contributed by atoms with E-state index >= 15 is 0 Å². The van der Waals surface area contributed by atoms with E-state index in [0.717, 1.165) is 0 Å². The molecule has 0 spiro atoms. The first-order valence-electron chi connectivity index (χ1n) is 7.88. The van der Waals surface area contributed by atoms with Gasteiger partial charge in [0, 0.05) is 17.5 Å². The molecule has 25 heavy (non-hydrogen) atoms. The monoisotopic (exact) mass is 368 g/mol. The molecule has 0 atom stereocenters. The smallest absolute Gasteiger partial charge is 0.331 e. The molecule has 0 N–H and O–H groups in total. The summed E-state index contributed by atoms with van der Waals surface area (Å²) in [6.07, 6.45) is 0.